The van der Waals surface area contributed by atoms with Crippen LogP contribution in [0.5, 0.6) is 0 Å². The maximum Gasteiger partial charge on any atom is 0.246 e. The molecule has 1 atom stereocenters. The zero-order chi connectivity index (χ0) is 14.7. The molecule has 0 aromatic heterocycles. The molecule has 0 radical (unpaired) electrons. The number of rotatable bonds is 2. The number of nitrogens with one attached hydrogen (secondary N) is 1. The fourth-order valence-electron chi connectivity index (χ4n) is 2.62. The number of carbonyl (C=O) groups is 1. The summed E-state index contributed by atoms with van der Waals surface area (Å²) >= 11 is 0. The predicted molar refractivity (Wildman–Crippen MR) is 78.6 cm³/mol. The van der Waals surface area contributed by atoms with Crippen LogP contribution in [0.4, 0.5) is 5.69 Å². The second-order valence-corrected chi connectivity index (χ2v) is 5.23. The molecule has 20 heavy (non-hydrogen) atoms. The summed E-state index contributed by atoms with van der Waals surface area (Å²) in [5, 5.41) is 12.6. The number of nitriles is 1. The molecular weight excluding hydrogens is 252 g/mol. The molecule has 1 aromatic carbocycles. The van der Waals surface area contributed by atoms with E-state index in [4.69, 9.17) is 0 Å². The molecule has 1 unspecified atom stereocenters. The predicted octanol–water partition coefficient (Wildman–Crippen LogP) is 0.733. The summed E-state index contributed by atoms with van der Waals surface area (Å²) < 4.78 is 0. The summed E-state index contributed by atoms with van der Waals surface area (Å²) in [7, 11) is 3.52. The van der Waals surface area contributed by atoms with Crippen LogP contribution in [-0.4, -0.2) is 50.6 Å². The van der Waals surface area contributed by atoms with Crippen molar-refractivity contribution < 1.29 is 4.79 Å². The Labute approximate surface area is 119 Å². The number of likely N-dealkylation sites (N-methyl/N-ethyl adjacent to an activating group) is 1. The fraction of sp³-hybridized carbons (Fsp3) is 0.467. The van der Waals surface area contributed by atoms with E-state index in [0.717, 1.165) is 24.3 Å². The zero-order valence-electron chi connectivity index (χ0n) is 12.2. The lowest BCUT2D eigenvalue weighted by atomic mass is 10.0. The van der Waals surface area contributed by atoms with Crippen molar-refractivity contribution in [2.24, 2.45) is 0 Å². The number of hydrogen-bond acceptors (Lipinski definition) is 4. The molecular formula is C15H20N4O. The molecule has 1 aliphatic heterocycles. The summed E-state index contributed by atoms with van der Waals surface area (Å²) in [5.74, 6) is 0.0596. The third kappa shape index (κ3) is 2.61. The number of amides is 1. The molecule has 0 spiro atoms. The molecule has 1 heterocycles. The number of benzene rings is 1. The lowest BCUT2D eigenvalue weighted by Crippen LogP contribution is -2.58. The van der Waals surface area contributed by atoms with Gasteiger partial charge in [0.2, 0.25) is 5.91 Å². The van der Waals surface area contributed by atoms with Crippen LogP contribution >= 0.6 is 0 Å². The first-order valence-corrected chi connectivity index (χ1v) is 6.74. The van der Waals surface area contributed by atoms with Crippen LogP contribution in [0.1, 0.15) is 11.1 Å². The number of anilines is 1. The van der Waals surface area contributed by atoms with E-state index in [2.05, 4.69) is 16.3 Å². The Kier molecular flexibility index (Phi) is 4.26. The Balaban J connectivity index is 2.43. The van der Waals surface area contributed by atoms with Crippen LogP contribution in [0, 0.1) is 18.3 Å². The topological polar surface area (TPSA) is 59.4 Å². The quantitative estimate of drug-likeness (QED) is 0.862. The fourth-order valence-corrected chi connectivity index (χ4v) is 2.62. The van der Waals surface area contributed by atoms with Gasteiger partial charge in [-0.3, -0.25) is 4.79 Å². The maximum absolute atomic E-state index is 12.4. The highest BCUT2D eigenvalue weighted by Crippen LogP contribution is 2.27. The zero-order valence-corrected chi connectivity index (χ0v) is 12.2. The van der Waals surface area contributed by atoms with Crippen LogP contribution < -0.4 is 10.2 Å². The van der Waals surface area contributed by atoms with Crippen molar-refractivity contribution in [3.63, 3.8) is 0 Å². The molecule has 5 nitrogen and oxygen atoms in total. The standard InChI is InChI=1S/C15H20N4O/c1-11-5-4-6-12(9-16)14(11)19-8-7-17-10-13(19)15(20)18(2)3/h4-6,13,17H,7-8,10H2,1-3H3. The van der Waals surface area contributed by atoms with E-state index in [1.165, 1.54) is 0 Å². The minimum atomic E-state index is -0.257. The maximum atomic E-state index is 12.4. The summed E-state index contributed by atoms with van der Waals surface area (Å²) in [6, 6.07) is 7.64. The largest absolute Gasteiger partial charge is 0.356 e. The van der Waals surface area contributed by atoms with Crippen LogP contribution in [0.3, 0.4) is 0 Å². The van der Waals surface area contributed by atoms with E-state index in [1.807, 2.05) is 25.1 Å². The Hall–Kier alpha value is -2.06. The van der Waals surface area contributed by atoms with Crippen LogP contribution in [-0.2, 0) is 4.79 Å². The second-order valence-electron chi connectivity index (χ2n) is 5.23. The van der Waals surface area contributed by atoms with Crippen molar-refractivity contribution >= 4 is 11.6 Å². The van der Waals surface area contributed by atoms with Crippen molar-refractivity contribution in [3.05, 3.63) is 29.3 Å². The third-order valence-electron chi connectivity index (χ3n) is 3.61. The Morgan fingerprint density at radius 1 is 1.50 bits per heavy atom. The van der Waals surface area contributed by atoms with E-state index in [-0.39, 0.29) is 11.9 Å². The molecule has 5 heteroatoms. The molecule has 0 aliphatic carbocycles. The van der Waals surface area contributed by atoms with Gasteiger partial charge in [-0.1, -0.05) is 12.1 Å². The average Bonchev–Trinajstić information content (AvgIpc) is 2.46. The Morgan fingerprint density at radius 3 is 2.90 bits per heavy atom. The Bertz CT molecular complexity index is 547. The third-order valence-corrected chi connectivity index (χ3v) is 3.61. The lowest BCUT2D eigenvalue weighted by molar-refractivity contribution is -0.130. The van der Waals surface area contributed by atoms with E-state index < -0.39 is 0 Å². The summed E-state index contributed by atoms with van der Waals surface area (Å²) in [6.45, 7) is 4.13. The van der Waals surface area contributed by atoms with Crippen LogP contribution in [0.15, 0.2) is 18.2 Å². The number of carbonyl (C=O) groups excluding carboxylic acids is 1. The van der Waals surface area contributed by atoms with Gasteiger partial charge in [-0.15, -0.1) is 0 Å². The number of aryl methyl sites for hydroxylation is 1. The summed E-state index contributed by atoms with van der Waals surface area (Å²) in [4.78, 5) is 16.0. The lowest BCUT2D eigenvalue weighted by Gasteiger charge is -2.39. The average molecular weight is 272 g/mol. The first-order chi connectivity index (χ1) is 9.56. The molecule has 1 amide bonds. The van der Waals surface area contributed by atoms with Gasteiger partial charge in [-0.05, 0) is 18.6 Å². The van der Waals surface area contributed by atoms with E-state index in [0.29, 0.717) is 12.1 Å². The second kappa shape index (κ2) is 5.93. The first-order valence-electron chi connectivity index (χ1n) is 6.74. The van der Waals surface area contributed by atoms with Gasteiger partial charge in [-0.25, -0.2) is 0 Å². The molecule has 0 bridgehead atoms. The van der Waals surface area contributed by atoms with Crippen molar-refractivity contribution in [3.8, 4) is 6.07 Å². The van der Waals surface area contributed by atoms with E-state index in [9.17, 15) is 10.1 Å². The molecule has 2 rings (SSSR count). The monoisotopic (exact) mass is 272 g/mol. The summed E-state index contributed by atoms with van der Waals surface area (Å²) in [5.41, 5.74) is 2.54. The molecule has 1 saturated heterocycles. The molecule has 1 aromatic rings. The van der Waals surface area contributed by atoms with Crippen molar-refractivity contribution in [1.29, 1.82) is 5.26 Å². The molecule has 1 fully saturated rings. The van der Waals surface area contributed by atoms with Gasteiger partial charge in [-0.2, -0.15) is 5.26 Å². The van der Waals surface area contributed by atoms with Gasteiger partial charge in [0, 0.05) is 33.7 Å². The number of para-hydroxylation sites is 1. The minimum Gasteiger partial charge on any atom is -0.356 e. The number of nitrogens with zero attached hydrogens (tertiary/aromatic N) is 3. The van der Waals surface area contributed by atoms with Gasteiger partial charge in [0.1, 0.15) is 12.1 Å². The van der Waals surface area contributed by atoms with E-state index >= 15 is 0 Å². The number of piperazine rings is 1. The molecule has 106 valence electrons. The normalized spacial score (nSPS) is 18.5. The van der Waals surface area contributed by atoms with Crippen LogP contribution in [0.25, 0.3) is 0 Å². The van der Waals surface area contributed by atoms with Gasteiger partial charge in [0.25, 0.3) is 0 Å². The summed E-state index contributed by atoms with van der Waals surface area (Å²) in [6.07, 6.45) is 0. The minimum absolute atomic E-state index is 0.0596. The Morgan fingerprint density at radius 2 is 2.25 bits per heavy atom. The van der Waals surface area contributed by atoms with Gasteiger partial charge in [0.05, 0.1) is 11.3 Å². The van der Waals surface area contributed by atoms with Gasteiger partial charge < -0.3 is 15.1 Å². The molecule has 0 saturated carbocycles. The van der Waals surface area contributed by atoms with Gasteiger partial charge in [0.15, 0.2) is 0 Å². The van der Waals surface area contributed by atoms with Gasteiger partial charge >= 0.3 is 0 Å². The highest BCUT2D eigenvalue weighted by molar-refractivity contribution is 5.86. The van der Waals surface area contributed by atoms with Crippen molar-refractivity contribution in [2.75, 3.05) is 38.6 Å². The number of hydrogen-bond donors (Lipinski definition) is 1. The van der Waals surface area contributed by atoms with E-state index in [1.54, 1.807) is 19.0 Å². The highest BCUT2D eigenvalue weighted by atomic mass is 16.2. The van der Waals surface area contributed by atoms with Crippen molar-refractivity contribution in [2.45, 2.75) is 13.0 Å². The molecule has 1 aliphatic rings. The van der Waals surface area contributed by atoms with Crippen molar-refractivity contribution in [1.82, 2.24) is 10.2 Å². The highest BCUT2D eigenvalue weighted by Gasteiger charge is 2.31. The van der Waals surface area contributed by atoms with Crippen LogP contribution in [0.2, 0.25) is 0 Å². The molecule has 1 N–H and O–H groups in total. The first kappa shape index (κ1) is 14.4. The SMILES string of the molecule is Cc1cccc(C#N)c1N1CCNCC1C(=O)N(C)C. The smallest absolute Gasteiger partial charge is 0.246 e.